The highest BCUT2D eigenvalue weighted by molar-refractivity contribution is 5.47. The Bertz CT molecular complexity index is 444. The average molecular weight is 251 g/mol. The molecule has 2 atom stereocenters. The van der Waals surface area contributed by atoms with Crippen LogP contribution in [0, 0.1) is 11.8 Å². The molecular weight excluding hydrogens is 230 g/mol. The highest BCUT2D eigenvalue weighted by Crippen LogP contribution is 2.29. The summed E-state index contributed by atoms with van der Waals surface area (Å²) in [5.41, 5.74) is -0.244. The third kappa shape index (κ3) is 3.03. The van der Waals surface area contributed by atoms with E-state index in [0.29, 0.717) is 11.7 Å². The van der Waals surface area contributed by atoms with Gasteiger partial charge in [-0.2, -0.15) is 0 Å². The van der Waals surface area contributed by atoms with Crippen molar-refractivity contribution in [1.82, 2.24) is 9.97 Å². The zero-order valence-corrected chi connectivity index (χ0v) is 11.0. The standard InChI is InChI=1S/C13H21N3O2/c1-9-4-3-5-10(6-9)7-14-12-11(18-2)13(17)16-8-15-12/h8-10H,3-7H2,1-2H3,(H2,14,15,16,17). The van der Waals surface area contributed by atoms with Crippen LogP contribution in [0.3, 0.4) is 0 Å². The van der Waals surface area contributed by atoms with E-state index >= 15 is 0 Å². The van der Waals surface area contributed by atoms with E-state index in [1.165, 1.54) is 39.1 Å². The first-order valence-electron chi connectivity index (χ1n) is 6.56. The van der Waals surface area contributed by atoms with E-state index in [-0.39, 0.29) is 11.3 Å². The van der Waals surface area contributed by atoms with Crippen molar-refractivity contribution in [2.45, 2.75) is 32.6 Å². The summed E-state index contributed by atoms with van der Waals surface area (Å²) in [7, 11) is 1.49. The second kappa shape index (κ2) is 5.89. The van der Waals surface area contributed by atoms with Crippen LogP contribution < -0.4 is 15.6 Å². The van der Waals surface area contributed by atoms with Gasteiger partial charge in [-0.25, -0.2) is 4.98 Å². The summed E-state index contributed by atoms with van der Waals surface area (Å²) in [6.45, 7) is 3.16. The Morgan fingerprint density at radius 3 is 3.11 bits per heavy atom. The molecule has 100 valence electrons. The molecule has 1 fully saturated rings. The Kier molecular flexibility index (Phi) is 4.23. The molecule has 0 aromatic carbocycles. The smallest absolute Gasteiger partial charge is 0.295 e. The second-order valence-electron chi connectivity index (χ2n) is 5.13. The second-order valence-corrected chi connectivity index (χ2v) is 5.13. The van der Waals surface area contributed by atoms with E-state index < -0.39 is 0 Å². The van der Waals surface area contributed by atoms with Gasteiger partial charge in [0.1, 0.15) is 0 Å². The number of nitrogens with one attached hydrogen (secondary N) is 2. The molecule has 0 saturated heterocycles. The Labute approximate surface area is 107 Å². The Balaban J connectivity index is 1.97. The molecule has 1 aromatic rings. The molecule has 1 aromatic heterocycles. The number of anilines is 1. The van der Waals surface area contributed by atoms with Crippen molar-refractivity contribution >= 4 is 5.82 Å². The van der Waals surface area contributed by atoms with Crippen LogP contribution in [-0.4, -0.2) is 23.6 Å². The molecule has 2 rings (SSSR count). The van der Waals surface area contributed by atoms with Gasteiger partial charge in [-0.3, -0.25) is 4.79 Å². The number of hydrogen-bond donors (Lipinski definition) is 2. The zero-order valence-electron chi connectivity index (χ0n) is 11.0. The number of hydrogen-bond acceptors (Lipinski definition) is 4. The summed E-state index contributed by atoms with van der Waals surface area (Å²) in [4.78, 5) is 18.1. The molecule has 1 saturated carbocycles. The topological polar surface area (TPSA) is 67.0 Å². The van der Waals surface area contributed by atoms with Crippen molar-refractivity contribution in [1.29, 1.82) is 0 Å². The third-order valence-corrected chi connectivity index (χ3v) is 3.62. The number of rotatable bonds is 4. The predicted molar refractivity (Wildman–Crippen MR) is 71.0 cm³/mol. The largest absolute Gasteiger partial charge is 0.489 e. The van der Waals surface area contributed by atoms with Gasteiger partial charge < -0.3 is 15.0 Å². The van der Waals surface area contributed by atoms with E-state index in [0.717, 1.165) is 12.5 Å². The molecule has 5 nitrogen and oxygen atoms in total. The third-order valence-electron chi connectivity index (χ3n) is 3.62. The molecular formula is C13H21N3O2. The molecule has 0 amide bonds. The van der Waals surface area contributed by atoms with Crippen LogP contribution in [0.15, 0.2) is 11.1 Å². The molecule has 18 heavy (non-hydrogen) atoms. The van der Waals surface area contributed by atoms with Crippen LogP contribution in [0.2, 0.25) is 0 Å². The van der Waals surface area contributed by atoms with Gasteiger partial charge in [-0.1, -0.05) is 19.8 Å². The lowest BCUT2D eigenvalue weighted by Gasteiger charge is -2.27. The Hall–Kier alpha value is -1.52. The molecule has 2 unspecified atom stereocenters. The maximum Gasteiger partial charge on any atom is 0.295 e. The number of aromatic nitrogens is 2. The van der Waals surface area contributed by atoms with Crippen LogP contribution in [0.5, 0.6) is 5.75 Å². The van der Waals surface area contributed by atoms with E-state index in [1.807, 2.05) is 0 Å². The Morgan fingerprint density at radius 1 is 1.56 bits per heavy atom. The number of methoxy groups -OCH3 is 1. The molecule has 1 aliphatic rings. The highest BCUT2D eigenvalue weighted by atomic mass is 16.5. The molecule has 0 bridgehead atoms. The maximum atomic E-state index is 11.5. The van der Waals surface area contributed by atoms with Crippen LogP contribution in [-0.2, 0) is 0 Å². The Morgan fingerprint density at radius 2 is 2.39 bits per heavy atom. The summed E-state index contributed by atoms with van der Waals surface area (Å²) < 4.78 is 5.07. The molecule has 1 heterocycles. The van der Waals surface area contributed by atoms with Gasteiger partial charge in [0, 0.05) is 6.54 Å². The first-order chi connectivity index (χ1) is 8.70. The summed E-state index contributed by atoms with van der Waals surface area (Å²) in [5, 5.41) is 3.24. The predicted octanol–water partition coefficient (Wildman–Crippen LogP) is 2.02. The van der Waals surface area contributed by atoms with E-state index in [1.54, 1.807) is 0 Å². The van der Waals surface area contributed by atoms with Gasteiger partial charge in [0.25, 0.3) is 5.56 Å². The minimum Gasteiger partial charge on any atom is -0.489 e. The fourth-order valence-electron chi connectivity index (χ4n) is 2.69. The van der Waals surface area contributed by atoms with Crippen LogP contribution in [0.4, 0.5) is 5.82 Å². The van der Waals surface area contributed by atoms with Crippen molar-refractivity contribution in [3.63, 3.8) is 0 Å². The van der Waals surface area contributed by atoms with Gasteiger partial charge in [0.05, 0.1) is 13.4 Å². The lowest BCUT2D eigenvalue weighted by Crippen LogP contribution is -2.22. The monoisotopic (exact) mass is 251 g/mol. The van der Waals surface area contributed by atoms with Gasteiger partial charge in [0.2, 0.25) is 5.75 Å². The first-order valence-corrected chi connectivity index (χ1v) is 6.56. The SMILES string of the molecule is COc1c(NCC2CCCC(C)C2)nc[nH]c1=O. The van der Waals surface area contributed by atoms with Gasteiger partial charge in [0.15, 0.2) is 5.82 Å². The quantitative estimate of drug-likeness (QED) is 0.859. The fourth-order valence-corrected chi connectivity index (χ4v) is 2.69. The van der Waals surface area contributed by atoms with Crippen molar-refractivity contribution in [2.75, 3.05) is 19.0 Å². The van der Waals surface area contributed by atoms with E-state index in [4.69, 9.17) is 4.74 Å². The summed E-state index contributed by atoms with van der Waals surface area (Å²) in [6, 6.07) is 0. The first kappa shape index (κ1) is 12.9. The number of ether oxygens (including phenoxy) is 1. The van der Waals surface area contributed by atoms with Crippen molar-refractivity contribution in [3.05, 3.63) is 16.7 Å². The number of aromatic amines is 1. The van der Waals surface area contributed by atoms with Crippen LogP contribution in [0.1, 0.15) is 32.6 Å². The fraction of sp³-hybridized carbons (Fsp3) is 0.692. The molecule has 0 spiro atoms. The molecule has 0 radical (unpaired) electrons. The molecule has 1 aliphatic carbocycles. The van der Waals surface area contributed by atoms with Crippen molar-refractivity contribution in [2.24, 2.45) is 11.8 Å². The lowest BCUT2D eigenvalue weighted by molar-refractivity contribution is 0.293. The summed E-state index contributed by atoms with van der Waals surface area (Å²) in [5.74, 6) is 2.28. The maximum absolute atomic E-state index is 11.5. The minimum atomic E-state index is -0.244. The summed E-state index contributed by atoms with van der Waals surface area (Å²) >= 11 is 0. The van der Waals surface area contributed by atoms with Crippen molar-refractivity contribution in [3.8, 4) is 5.75 Å². The average Bonchev–Trinajstić information content (AvgIpc) is 2.36. The van der Waals surface area contributed by atoms with Gasteiger partial charge >= 0.3 is 0 Å². The zero-order chi connectivity index (χ0) is 13.0. The van der Waals surface area contributed by atoms with Gasteiger partial charge in [-0.05, 0) is 24.7 Å². The number of H-pyrrole nitrogens is 1. The van der Waals surface area contributed by atoms with Crippen LogP contribution in [0.25, 0.3) is 0 Å². The van der Waals surface area contributed by atoms with Crippen molar-refractivity contribution < 1.29 is 4.74 Å². The lowest BCUT2D eigenvalue weighted by atomic mass is 9.82. The van der Waals surface area contributed by atoms with Crippen LogP contribution >= 0.6 is 0 Å². The number of nitrogens with zero attached hydrogens (tertiary/aromatic N) is 1. The van der Waals surface area contributed by atoms with E-state index in [9.17, 15) is 4.79 Å². The molecule has 5 heteroatoms. The highest BCUT2D eigenvalue weighted by Gasteiger charge is 2.19. The molecule has 0 aliphatic heterocycles. The normalized spacial score (nSPS) is 23.7. The van der Waals surface area contributed by atoms with Gasteiger partial charge in [-0.15, -0.1) is 0 Å². The van der Waals surface area contributed by atoms with E-state index in [2.05, 4.69) is 22.2 Å². The summed E-state index contributed by atoms with van der Waals surface area (Å²) in [6.07, 6.45) is 6.54. The minimum absolute atomic E-state index is 0.244. The molecule has 2 N–H and O–H groups in total.